The van der Waals surface area contributed by atoms with Crippen LogP contribution >= 0.6 is 0 Å². The van der Waals surface area contributed by atoms with E-state index in [1.807, 2.05) is 0 Å². The minimum atomic E-state index is 0.309. The van der Waals surface area contributed by atoms with Gasteiger partial charge in [0, 0.05) is 26.1 Å². The van der Waals surface area contributed by atoms with E-state index in [-0.39, 0.29) is 0 Å². The zero-order valence-electron chi connectivity index (χ0n) is 7.73. The minimum absolute atomic E-state index is 0.309. The maximum absolute atomic E-state index is 5.78. The molecule has 1 fully saturated rings. The van der Waals surface area contributed by atoms with Crippen LogP contribution in [-0.4, -0.2) is 34.2 Å². The molecule has 0 radical (unpaired) electrons. The highest BCUT2D eigenvalue weighted by Gasteiger charge is 2.20. The van der Waals surface area contributed by atoms with Gasteiger partial charge in [0.2, 0.25) is 11.8 Å². The zero-order valence-corrected chi connectivity index (χ0v) is 7.73. The van der Waals surface area contributed by atoms with Gasteiger partial charge < -0.3 is 10.2 Å². The molecule has 5 heteroatoms. The SMILES string of the molecule is Cc1nnc(CN2CC[C@@H](N)C2)o1. The van der Waals surface area contributed by atoms with Gasteiger partial charge in [-0.25, -0.2) is 0 Å². The van der Waals surface area contributed by atoms with Crippen LogP contribution in [0.5, 0.6) is 0 Å². The number of nitrogens with zero attached hydrogens (tertiary/aromatic N) is 3. The topological polar surface area (TPSA) is 68.2 Å². The van der Waals surface area contributed by atoms with E-state index in [1.165, 1.54) is 0 Å². The second-order valence-electron chi connectivity index (χ2n) is 3.50. The highest BCUT2D eigenvalue weighted by molar-refractivity contribution is 4.84. The number of hydrogen-bond donors (Lipinski definition) is 1. The third kappa shape index (κ3) is 2.05. The van der Waals surface area contributed by atoms with Crippen LogP contribution in [0.1, 0.15) is 18.2 Å². The lowest BCUT2D eigenvalue weighted by molar-refractivity contribution is 0.285. The second kappa shape index (κ2) is 3.43. The summed E-state index contributed by atoms with van der Waals surface area (Å²) in [6, 6.07) is 0.309. The molecule has 1 aliphatic rings. The molecule has 0 bridgehead atoms. The molecule has 2 N–H and O–H groups in total. The summed E-state index contributed by atoms with van der Waals surface area (Å²) >= 11 is 0. The van der Waals surface area contributed by atoms with E-state index < -0.39 is 0 Å². The van der Waals surface area contributed by atoms with Crippen molar-refractivity contribution in [2.45, 2.75) is 25.9 Å². The third-order valence-corrected chi connectivity index (χ3v) is 2.24. The Balaban J connectivity index is 1.91. The van der Waals surface area contributed by atoms with Gasteiger partial charge in [0.1, 0.15) is 0 Å². The van der Waals surface area contributed by atoms with Crippen LogP contribution in [0.4, 0.5) is 0 Å². The molecule has 1 atom stereocenters. The smallest absolute Gasteiger partial charge is 0.230 e. The maximum Gasteiger partial charge on any atom is 0.230 e. The minimum Gasteiger partial charge on any atom is -0.424 e. The van der Waals surface area contributed by atoms with Gasteiger partial charge in [0.05, 0.1) is 6.54 Å². The molecule has 1 aromatic heterocycles. The Morgan fingerprint density at radius 2 is 2.46 bits per heavy atom. The molecule has 2 heterocycles. The van der Waals surface area contributed by atoms with Crippen molar-refractivity contribution in [3.63, 3.8) is 0 Å². The van der Waals surface area contributed by atoms with Crippen molar-refractivity contribution in [3.05, 3.63) is 11.8 Å². The van der Waals surface area contributed by atoms with E-state index in [2.05, 4.69) is 15.1 Å². The van der Waals surface area contributed by atoms with E-state index in [0.717, 1.165) is 26.1 Å². The summed E-state index contributed by atoms with van der Waals surface area (Å²) < 4.78 is 5.28. The number of nitrogens with two attached hydrogens (primary N) is 1. The largest absolute Gasteiger partial charge is 0.424 e. The third-order valence-electron chi connectivity index (χ3n) is 2.24. The van der Waals surface area contributed by atoms with Gasteiger partial charge in [-0.15, -0.1) is 10.2 Å². The second-order valence-corrected chi connectivity index (χ2v) is 3.50. The Morgan fingerprint density at radius 3 is 3.00 bits per heavy atom. The van der Waals surface area contributed by atoms with Crippen LogP contribution in [-0.2, 0) is 6.54 Å². The van der Waals surface area contributed by atoms with Crippen molar-refractivity contribution in [2.24, 2.45) is 5.73 Å². The molecule has 0 aromatic carbocycles. The monoisotopic (exact) mass is 182 g/mol. The normalized spacial score (nSPS) is 24.0. The molecule has 0 aliphatic carbocycles. The molecule has 1 aliphatic heterocycles. The van der Waals surface area contributed by atoms with Crippen LogP contribution in [0.3, 0.4) is 0 Å². The molecule has 0 spiro atoms. The molecular formula is C8H14N4O. The number of aryl methyl sites for hydroxylation is 1. The lowest BCUT2D eigenvalue weighted by atomic mass is 10.3. The van der Waals surface area contributed by atoms with E-state index in [9.17, 15) is 0 Å². The first-order valence-corrected chi connectivity index (χ1v) is 4.51. The van der Waals surface area contributed by atoms with Gasteiger partial charge in [-0.1, -0.05) is 0 Å². The molecule has 5 nitrogen and oxygen atoms in total. The molecule has 2 rings (SSSR count). The first-order chi connectivity index (χ1) is 6.24. The summed E-state index contributed by atoms with van der Waals surface area (Å²) in [5, 5.41) is 7.71. The standard InChI is InChI=1S/C8H14N4O/c1-6-10-11-8(13-6)5-12-3-2-7(9)4-12/h7H,2-5,9H2,1H3/t7-/m1/s1. The van der Waals surface area contributed by atoms with Crippen molar-refractivity contribution < 1.29 is 4.42 Å². The highest BCUT2D eigenvalue weighted by Crippen LogP contribution is 2.10. The fourth-order valence-electron chi connectivity index (χ4n) is 1.60. The molecule has 0 unspecified atom stereocenters. The van der Waals surface area contributed by atoms with Gasteiger partial charge in [-0.05, 0) is 6.42 Å². The maximum atomic E-state index is 5.78. The van der Waals surface area contributed by atoms with Crippen LogP contribution in [0.2, 0.25) is 0 Å². The average Bonchev–Trinajstić information content (AvgIpc) is 2.62. The summed E-state index contributed by atoms with van der Waals surface area (Å²) in [6.45, 7) is 4.49. The summed E-state index contributed by atoms with van der Waals surface area (Å²) in [6.07, 6.45) is 1.06. The molecule has 1 aromatic rings. The van der Waals surface area contributed by atoms with Gasteiger partial charge in [-0.2, -0.15) is 0 Å². The quantitative estimate of drug-likeness (QED) is 0.692. The van der Waals surface area contributed by atoms with E-state index in [0.29, 0.717) is 17.8 Å². The lowest BCUT2D eigenvalue weighted by Crippen LogP contribution is -2.26. The Kier molecular flexibility index (Phi) is 2.28. The molecule has 13 heavy (non-hydrogen) atoms. The molecule has 72 valence electrons. The summed E-state index contributed by atoms with van der Waals surface area (Å²) in [5.41, 5.74) is 5.78. The van der Waals surface area contributed by atoms with Crippen molar-refractivity contribution in [3.8, 4) is 0 Å². The zero-order chi connectivity index (χ0) is 9.26. The Bertz CT molecular complexity index is 285. The van der Waals surface area contributed by atoms with Gasteiger partial charge in [0.25, 0.3) is 0 Å². The van der Waals surface area contributed by atoms with Gasteiger partial charge >= 0.3 is 0 Å². The molecule has 0 amide bonds. The average molecular weight is 182 g/mol. The first kappa shape index (κ1) is 8.65. The Labute approximate surface area is 76.9 Å². The van der Waals surface area contributed by atoms with Crippen molar-refractivity contribution >= 4 is 0 Å². The van der Waals surface area contributed by atoms with E-state index >= 15 is 0 Å². The summed E-state index contributed by atoms with van der Waals surface area (Å²) in [4.78, 5) is 2.23. The predicted molar refractivity (Wildman–Crippen MR) is 46.9 cm³/mol. The van der Waals surface area contributed by atoms with Crippen molar-refractivity contribution in [2.75, 3.05) is 13.1 Å². The van der Waals surface area contributed by atoms with Crippen LogP contribution in [0.25, 0.3) is 0 Å². The highest BCUT2D eigenvalue weighted by atomic mass is 16.4. The molecule has 0 saturated carbocycles. The molecular weight excluding hydrogens is 168 g/mol. The van der Waals surface area contributed by atoms with Crippen LogP contribution < -0.4 is 5.73 Å². The number of likely N-dealkylation sites (tertiary alicyclic amines) is 1. The predicted octanol–water partition coefficient (Wildman–Crippen LogP) is -0.0890. The lowest BCUT2D eigenvalue weighted by Gasteiger charge is -2.11. The number of rotatable bonds is 2. The first-order valence-electron chi connectivity index (χ1n) is 4.51. The van der Waals surface area contributed by atoms with Crippen LogP contribution in [0, 0.1) is 6.92 Å². The summed E-state index contributed by atoms with van der Waals surface area (Å²) in [5.74, 6) is 1.31. The number of aromatic nitrogens is 2. The summed E-state index contributed by atoms with van der Waals surface area (Å²) in [7, 11) is 0. The fourth-order valence-corrected chi connectivity index (χ4v) is 1.60. The number of hydrogen-bond acceptors (Lipinski definition) is 5. The van der Waals surface area contributed by atoms with Gasteiger partial charge in [-0.3, -0.25) is 4.90 Å². The van der Waals surface area contributed by atoms with E-state index in [4.69, 9.17) is 10.2 Å². The van der Waals surface area contributed by atoms with E-state index in [1.54, 1.807) is 6.92 Å². The van der Waals surface area contributed by atoms with Crippen molar-refractivity contribution in [1.82, 2.24) is 15.1 Å². The van der Waals surface area contributed by atoms with Gasteiger partial charge in [0.15, 0.2) is 0 Å². The Morgan fingerprint density at radius 1 is 1.62 bits per heavy atom. The fraction of sp³-hybridized carbons (Fsp3) is 0.750. The Hall–Kier alpha value is -0.940. The van der Waals surface area contributed by atoms with Crippen LogP contribution in [0.15, 0.2) is 4.42 Å². The molecule has 1 saturated heterocycles. The van der Waals surface area contributed by atoms with Crippen molar-refractivity contribution in [1.29, 1.82) is 0 Å².